The van der Waals surface area contributed by atoms with E-state index in [0.29, 0.717) is 18.0 Å². The lowest BCUT2D eigenvalue weighted by Gasteiger charge is -2.25. The van der Waals surface area contributed by atoms with E-state index < -0.39 is 0 Å². The number of hydrogen-bond donors (Lipinski definition) is 1. The lowest BCUT2D eigenvalue weighted by atomic mass is 9.82. The number of rotatable bonds is 8. The number of nitrogens with one attached hydrogen (secondary N) is 1. The average molecular weight is 424 g/mol. The minimum absolute atomic E-state index is 0.00353. The van der Waals surface area contributed by atoms with Gasteiger partial charge in [0.2, 0.25) is 5.91 Å². The quantitative estimate of drug-likeness (QED) is 0.481. The van der Waals surface area contributed by atoms with Crippen molar-refractivity contribution >= 4 is 11.7 Å². The molecule has 0 bridgehead atoms. The molecule has 2 unspecified atom stereocenters. The van der Waals surface area contributed by atoms with Crippen molar-refractivity contribution < 1.29 is 19.1 Å². The first-order valence-electron chi connectivity index (χ1n) is 11.1. The molecule has 0 heterocycles. The molecule has 0 saturated heterocycles. The van der Waals surface area contributed by atoms with Gasteiger partial charge < -0.3 is 14.8 Å². The summed E-state index contributed by atoms with van der Waals surface area (Å²) in [5, 5.41) is 3.13. The second kappa shape index (κ2) is 11.0. The maximum Gasteiger partial charge on any atom is 0.223 e. The van der Waals surface area contributed by atoms with Crippen LogP contribution >= 0.6 is 0 Å². The fourth-order valence-electron chi connectivity index (χ4n) is 4.44. The summed E-state index contributed by atoms with van der Waals surface area (Å²) in [4.78, 5) is 24.6. The fraction of sp³-hybridized carbons (Fsp3) is 0.462. The maximum atomic E-state index is 13.1. The van der Waals surface area contributed by atoms with Gasteiger partial charge in [-0.25, -0.2) is 0 Å². The van der Waals surface area contributed by atoms with Crippen LogP contribution in [0.15, 0.2) is 42.5 Å². The first-order chi connectivity index (χ1) is 15.0. The molecule has 5 nitrogen and oxygen atoms in total. The van der Waals surface area contributed by atoms with Gasteiger partial charge in [-0.05, 0) is 55.4 Å². The Morgan fingerprint density at radius 1 is 0.903 bits per heavy atom. The number of ether oxygens (including phenoxy) is 2. The van der Waals surface area contributed by atoms with Crippen molar-refractivity contribution in [1.29, 1.82) is 0 Å². The van der Waals surface area contributed by atoms with Crippen molar-refractivity contribution in [3.63, 3.8) is 0 Å². The number of carbonyl (C=O) groups is 2. The molecule has 1 N–H and O–H groups in total. The predicted octanol–water partition coefficient (Wildman–Crippen LogP) is 4.96. The lowest BCUT2D eigenvalue weighted by Crippen LogP contribution is -2.35. The third-order valence-corrected chi connectivity index (χ3v) is 6.23. The van der Waals surface area contributed by atoms with Crippen LogP contribution < -0.4 is 14.8 Å². The molecule has 3 rings (SSSR count). The summed E-state index contributed by atoms with van der Waals surface area (Å²) in [5.41, 5.74) is 2.83. The average Bonchev–Trinajstić information content (AvgIpc) is 3.02. The van der Waals surface area contributed by atoms with Gasteiger partial charge in [-0.2, -0.15) is 0 Å². The van der Waals surface area contributed by atoms with E-state index in [0.717, 1.165) is 54.7 Å². The summed E-state index contributed by atoms with van der Waals surface area (Å²) in [6.45, 7) is 2.04. The van der Waals surface area contributed by atoms with Crippen LogP contribution in [0.1, 0.15) is 60.5 Å². The highest BCUT2D eigenvalue weighted by molar-refractivity contribution is 5.94. The molecular formula is C26H33NO4. The Morgan fingerprint density at radius 3 is 2.16 bits per heavy atom. The third-order valence-electron chi connectivity index (χ3n) is 6.23. The van der Waals surface area contributed by atoms with Gasteiger partial charge in [0.15, 0.2) is 5.78 Å². The molecule has 2 aromatic rings. The van der Waals surface area contributed by atoms with Gasteiger partial charge in [-0.1, -0.05) is 43.5 Å². The van der Waals surface area contributed by atoms with E-state index in [1.54, 1.807) is 21.1 Å². The summed E-state index contributed by atoms with van der Waals surface area (Å²) >= 11 is 0. The molecule has 166 valence electrons. The molecular weight excluding hydrogens is 390 g/mol. The SMILES string of the molecule is COc1cc(CC2CCCCCC2C(=O)NCc2ccc(C(C)=O)cc2)cc(OC)c1. The van der Waals surface area contributed by atoms with Crippen molar-refractivity contribution in [2.45, 2.75) is 52.0 Å². The van der Waals surface area contributed by atoms with Gasteiger partial charge >= 0.3 is 0 Å². The molecule has 0 aromatic heterocycles. The van der Waals surface area contributed by atoms with Gasteiger partial charge in [0.05, 0.1) is 14.2 Å². The largest absolute Gasteiger partial charge is 0.497 e. The standard InChI is InChI=1S/C26H33NO4/c1-18(28)21-11-9-19(10-12-21)17-27-26(29)25-8-6-4-5-7-22(25)13-20-14-23(30-2)16-24(15-20)31-3/h9-12,14-16,22,25H,4-8,13,17H2,1-3H3,(H,27,29). The number of benzene rings is 2. The zero-order chi connectivity index (χ0) is 22.2. The molecule has 1 aliphatic rings. The Bertz CT molecular complexity index is 869. The van der Waals surface area contributed by atoms with Crippen molar-refractivity contribution in [3.05, 3.63) is 59.2 Å². The summed E-state index contributed by atoms with van der Waals surface area (Å²) in [5.74, 6) is 2.01. The minimum atomic E-state index is -0.00353. The topological polar surface area (TPSA) is 64.6 Å². The smallest absolute Gasteiger partial charge is 0.223 e. The van der Waals surface area contributed by atoms with Crippen molar-refractivity contribution in [2.75, 3.05) is 14.2 Å². The van der Waals surface area contributed by atoms with Crippen molar-refractivity contribution in [3.8, 4) is 11.5 Å². The number of ketones is 1. The fourth-order valence-corrected chi connectivity index (χ4v) is 4.44. The maximum absolute atomic E-state index is 13.1. The van der Waals surface area contributed by atoms with Gasteiger partial charge in [-0.15, -0.1) is 0 Å². The normalized spacial score (nSPS) is 18.7. The van der Waals surface area contributed by atoms with Gasteiger partial charge in [0.25, 0.3) is 0 Å². The molecule has 1 aliphatic carbocycles. The first kappa shape index (κ1) is 22.9. The number of hydrogen-bond acceptors (Lipinski definition) is 4. The van der Waals surface area contributed by atoms with E-state index in [4.69, 9.17) is 9.47 Å². The Morgan fingerprint density at radius 2 is 1.55 bits per heavy atom. The minimum Gasteiger partial charge on any atom is -0.497 e. The molecule has 0 radical (unpaired) electrons. The molecule has 5 heteroatoms. The Hall–Kier alpha value is -2.82. The predicted molar refractivity (Wildman–Crippen MR) is 122 cm³/mol. The highest BCUT2D eigenvalue weighted by Gasteiger charge is 2.30. The Balaban J connectivity index is 1.68. The zero-order valence-corrected chi connectivity index (χ0v) is 18.8. The number of methoxy groups -OCH3 is 2. The summed E-state index contributed by atoms with van der Waals surface area (Å²) < 4.78 is 10.8. The van der Waals surface area contributed by atoms with Crippen molar-refractivity contribution in [2.24, 2.45) is 11.8 Å². The van der Waals surface area contributed by atoms with Crippen LogP contribution in [0.25, 0.3) is 0 Å². The number of amides is 1. The van der Waals surface area contributed by atoms with E-state index in [1.165, 1.54) is 6.42 Å². The molecule has 2 atom stereocenters. The highest BCUT2D eigenvalue weighted by Crippen LogP contribution is 2.33. The molecule has 0 spiro atoms. The summed E-state index contributed by atoms with van der Waals surface area (Å²) in [6, 6.07) is 13.4. The molecule has 2 aromatic carbocycles. The van der Waals surface area contributed by atoms with E-state index in [1.807, 2.05) is 42.5 Å². The first-order valence-corrected chi connectivity index (χ1v) is 11.1. The Kier molecular flexibility index (Phi) is 8.10. The second-order valence-electron chi connectivity index (χ2n) is 8.40. The lowest BCUT2D eigenvalue weighted by molar-refractivity contribution is -0.127. The summed E-state index contributed by atoms with van der Waals surface area (Å²) in [6.07, 6.45) is 6.21. The monoisotopic (exact) mass is 423 g/mol. The van der Waals surface area contributed by atoms with Gasteiger partial charge in [0.1, 0.15) is 11.5 Å². The van der Waals surface area contributed by atoms with E-state index in [2.05, 4.69) is 5.32 Å². The van der Waals surface area contributed by atoms with Crippen LogP contribution in [0.2, 0.25) is 0 Å². The van der Waals surface area contributed by atoms with Crippen LogP contribution in [0, 0.1) is 11.8 Å². The second-order valence-corrected chi connectivity index (χ2v) is 8.40. The van der Waals surface area contributed by atoms with E-state index >= 15 is 0 Å². The molecule has 1 amide bonds. The van der Waals surface area contributed by atoms with Crippen LogP contribution in [-0.4, -0.2) is 25.9 Å². The highest BCUT2D eigenvalue weighted by atomic mass is 16.5. The summed E-state index contributed by atoms with van der Waals surface area (Å²) in [7, 11) is 3.31. The van der Waals surface area contributed by atoms with Crippen LogP contribution in [-0.2, 0) is 17.8 Å². The van der Waals surface area contributed by atoms with Crippen LogP contribution in [0.5, 0.6) is 11.5 Å². The van der Waals surface area contributed by atoms with Crippen molar-refractivity contribution in [1.82, 2.24) is 5.32 Å². The number of Topliss-reactive ketones (excluding diaryl/α,β-unsaturated/α-hetero) is 1. The zero-order valence-electron chi connectivity index (χ0n) is 18.8. The molecule has 31 heavy (non-hydrogen) atoms. The Labute approximate surface area is 185 Å². The molecule has 0 aliphatic heterocycles. The third kappa shape index (κ3) is 6.33. The molecule has 1 saturated carbocycles. The van der Waals surface area contributed by atoms with E-state index in [9.17, 15) is 9.59 Å². The van der Waals surface area contributed by atoms with Crippen LogP contribution in [0.4, 0.5) is 0 Å². The van der Waals surface area contributed by atoms with Gasteiger partial charge in [0, 0.05) is 24.1 Å². The van der Waals surface area contributed by atoms with Crippen LogP contribution in [0.3, 0.4) is 0 Å². The molecule has 1 fully saturated rings. The number of carbonyl (C=O) groups excluding carboxylic acids is 2. The van der Waals surface area contributed by atoms with Gasteiger partial charge in [-0.3, -0.25) is 9.59 Å². The van der Waals surface area contributed by atoms with E-state index in [-0.39, 0.29) is 17.6 Å².